The molecule has 3 aliphatic heterocycles. The zero-order valence-corrected chi connectivity index (χ0v) is 27.7. The fraction of sp³-hybridized carbons (Fsp3) is 0.486. The van der Waals surface area contributed by atoms with Crippen LogP contribution in [0.5, 0.6) is 0 Å². The molecule has 3 amide bonds. The van der Waals surface area contributed by atoms with Crippen molar-refractivity contribution < 1.29 is 19.5 Å². The van der Waals surface area contributed by atoms with Crippen LogP contribution in [-0.2, 0) is 20.9 Å². The zero-order chi connectivity index (χ0) is 32.3. The Bertz CT molecular complexity index is 1410. The molecule has 2 bridgehead atoms. The minimum atomic E-state index is -0.710. The Kier molecular flexibility index (Phi) is 10.2. The largest absolute Gasteiger partial charge is 0.396 e. The molecule has 3 fully saturated rings. The molecule has 2 aromatic carbocycles. The highest BCUT2D eigenvalue weighted by Gasteiger charge is 2.76. The molecule has 0 radical (unpaired) electrons. The first-order valence-corrected chi connectivity index (χ1v) is 17.1. The van der Waals surface area contributed by atoms with Crippen LogP contribution in [-0.4, -0.2) is 74.9 Å². The van der Waals surface area contributed by atoms with Crippen molar-refractivity contribution in [1.82, 2.24) is 9.80 Å². The van der Waals surface area contributed by atoms with E-state index in [9.17, 15) is 14.7 Å². The van der Waals surface area contributed by atoms with Gasteiger partial charge in [-0.25, -0.2) is 0 Å². The molecule has 0 saturated carbocycles. The Morgan fingerprint density at radius 3 is 2.33 bits per heavy atom. The van der Waals surface area contributed by atoms with Crippen molar-refractivity contribution in [2.24, 2.45) is 17.8 Å². The van der Waals surface area contributed by atoms with Crippen molar-refractivity contribution >= 4 is 35.2 Å². The van der Waals surface area contributed by atoms with Gasteiger partial charge in [-0.3, -0.25) is 14.4 Å². The lowest BCUT2D eigenvalue weighted by Crippen LogP contribution is -2.58. The number of amides is 3. The number of likely N-dealkylation sites (tertiary alicyclic amines) is 1. The summed E-state index contributed by atoms with van der Waals surface area (Å²) >= 11 is 1.71. The number of unbranched alkanes of at least 4 members (excludes halogenated alkanes) is 2. The molecule has 3 unspecified atom stereocenters. The van der Waals surface area contributed by atoms with Gasteiger partial charge >= 0.3 is 0 Å². The Balaban J connectivity index is 1.56. The quantitative estimate of drug-likeness (QED) is 0.219. The maximum atomic E-state index is 15.0. The molecule has 8 heteroatoms. The van der Waals surface area contributed by atoms with Crippen molar-refractivity contribution in [1.29, 1.82) is 0 Å². The molecule has 5 rings (SSSR count). The number of aliphatic hydroxyl groups is 1. The standard InChI is InChI=1S/C37H47N3O4S/c1-6-19-38(24-28-17-10-8-11-18-28)34(42)30-29-23-27(5)37(45-29)31(30)35(43)40(21-12-9-13-22-41)33(37)36(44)39(20-7-2)32-25(3)15-14-16-26(32)4/h6-8,10-11,14-18,27,29-31,33,41H,1-2,9,12-13,19-24H2,3-5H3/t27?,29-,30+,31+,33?,37?/m1/s1. The van der Waals surface area contributed by atoms with Crippen LogP contribution in [0.3, 0.4) is 0 Å². The lowest BCUT2D eigenvalue weighted by atomic mass is 9.65. The molecule has 3 saturated heterocycles. The number of para-hydroxylation sites is 1. The minimum Gasteiger partial charge on any atom is -0.396 e. The number of aryl methyl sites for hydroxylation is 2. The summed E-state index contributed by atoms with van der Waals surface area (Å²) in [6.45, 7) is 15.7. The van der Waals surface area contributed by atoms with Crippen LogP contribution in [0.1, 0.15) is 49.3 Å². The van der Waals surface area contributed by atoms with Crippen molar-refractivity contribution in [3.05, 3.63) is 90.5 Å². The van der Waals surface area contributed by atoms with Gasteiger partial charge < -0.3 is 19.8 Å². The second-order valence-electron chi connectivity index (χ2n) is 12.8. The number of carbonyl (C=O) groups is 3. The third-order valence-corrected chi connectivity index (χ3v) is 12.1. The average Bonchev–Trinajstić information content (AvgIpc) is 3.62. The van der Waals surface area contributed by atoms with Gasteiger partial charge in [-0.2, -0.15) is 0 Å². The predicted molar refractivity (Wildman–Crippen MR) is 182 cm³/mol. The molecule has 0 aromatic heterocycles. The number of aliphatic hydroxyl groups excluding tert-OH is 1. The summed E-state index contributed by atoms with van der Waals surface area (Å²) in [7, 11) is 0. The summed E-state index contributed by atoms with van der Waals surface area (Å²) < 4.78 is -0.710. The number of benzene rings is 2. The molecule has 3 aliphatic rings. The molecule has 7 nitrogen and oxygen atoms in total. The Labute approximate surface area is 272 Å². The molecule has 240 valence electrons. The molecule has 3 heterocycles. The molecule has 2 aromatic rings. The van der Waals surface area contributed by atoms with E-state index in [1.807, 2.05) is 72.2 Å². The Morgan fingerprint density at radius 2 is 1.69 bits per heavy atom. The molecule has 0 aliphatic carbocycles. The van der Waals surface area contributed by atoms with Crippen molar-refractivity contribution in [2.45, 2.75) is 69.0 Å². The number of nitrogens with zero attached hydrogens (tertiary/aromatic N) is 3. The number of thioether (sulfide) groups is 1. The average molecular weight is 630 g/mol. The van der Waals surface area contributed by atoms with Crippen molar-refractivity contribution in [3.8, 4) is 0 Å². The van der Waals surface area contributed by atoms with Crippen LogP contribution < -0.4 is 4.90 Å². The number of hydrogen-bond donors (Lipinski definition) is 1. The highest BCUT2D eigenvalue weighted by atomic mass is 32.2. The van der Waals surface area contributed by atoms with E-state index in [-0.39, 0.29) is 35.5 Å². The summed E-state index contributed by atoms with van der Waals surface area (Å²) in [6.07, 6.45) is 6.35. The van der Waals surface area contributed by atoms with Crippen LogP contribution in [0.2, 0.25) is 0 Å². The van der Waals surface area contributed by atoms with Crippen LogP contribution in [0.4, 0.5) is 5.69 Å². The van der Waals surface area contributed by atoms with E-state index >= 15 is 4.79 Å². The van der Waals surface area contributed by atoms with Gasteiger partial charge in [0.15, 0.2) is 0 Å². The van der Waals surface area contributed by atoms with Gasteiger partial charge in [0.05, 0.1) is 16.6 Å². The van der Waals surface area contributed by atoms with E-state index < -0.39 is 22.6 Å². The van der Waals surface area contributed by atoms with Gasteiger partial charge in [-0.05, 0) is 62.1 Å². The minimum absolute atomic E-state index is 0.0330. The van der Waals surface area contributed by atoms with Gasteiger partial charge in [-0.1, -0.05) is 67.6 Å². The topological polar surface area (TPSA) is 81.2 Å². The predicted octanol–water partition coefficient (Wildman–Crippen LogP) is 5.54. The first-order valence-electron chi connectivity index (χ1n) is 16.2. The summed E-state index contributed by atoms with van der Waals surface area (Å²) in [5.41, 5.74) is 3.86. The van der Waals surface area contributed by atoms with Crippen LogP contribution >= 0.6 is 11.8 Å². The van der Waals surface area contributed by atoms with Gasteiger partial charge in [0.1, 0.15) is 6.04 Å². The number of fused-ring (bicyclic) bond motifs is 1. The highest BCUT2D eigenvalue weighted by molar-refractivity contribution is 8.02. The van der Waals surface area contributed by atoms with E-state index in [0.717, 1.165) is 35.2 Å². The van der Waals surface area contributed by atoms with E-state index in [1.54, 1.807) is 28.8 Å². The fourth-order valence-corrected chi connectivity index (χ4v) is 10.5. The number of rotatable bonds is 14. The smallest absolute Gasteiger partial charge is 0.251 e. The summed E-state index contributed by atoms with van der Waals surface area (Å²) in [5, 5.41) is 9.37. The van der Waals surface area contributed by atoms with Gasteiger partial charge in [0.2, 0.25) is 11.8 Å². The maximum absolute atomic E-state index is 15.0. The highest BCUT2D eigenvalue weighted by Crippen LogP contribution is 2.69. The lowest BCUT2D eigenvalue weighted by molar-refractivity contribution is -0.144. The Morgan fingerprint density at radius 1 is 1.00 bits per heavy atom. The normalized spacial score (nSPS) is 26.5. The van der Waals surface area contributed by atoms with Crippen LogP contribution in [0.15, 0.2) is 73.8 Å². The zero-order valence-electron chi connectivity index (χ0n) is 26.9. The Hall–Kier alpha value is -3.36. The van der Waals surface area contributed by atoms with Gasteiger partial charge in [0.25, 0.3) is 5.91 Å². The molecule has 6 atom stereocenters. The molecular weight excluding hydrogens is 582 g/mol. The SMILES string of the molecule is C=CCN(Cc1ccccc1)C(=O)[C@@H]1[C@H]2C(=O)N(CCCCCO)C(C(=O)N(CC=C)c3c(C)cccc3C)C23S[C@@H]1CC3C. The van der Waals surface area contributed by atoms with E-state index in [1.165, 1.54) is 0 Å². The number of carbonyl (C=O) groups excluding carboxylic acids is 3. The summed E-state index contributed by atoms with van der Waals surface area (Å²) in [4.78, 5) is 49.7. The lowest BCUT2D eigenvalue weighted by Gasteiger charge is -2.41. The van der Waals surface area contributed by atoms with E-state index in [4.69, 9.17) is 0 Å². The van der Waals surface area contributed by atoms with Crippen LogP contribution in [0.25, 0.3) is 0 Å². The van der Waals surface area contributed by atoms with Crippen LogP contribution in [0, 0.1) is 31.6 Å². The monoisotopic (exact) mass is 629 g/mol. The molecule has 1 N–H and O–H groups in total. The number of anilines is 1. The summed E-state index contributed by atoms with van der Waals surface area (Å²) in [6, 6.07) is 15.2. The maximum Gasteiger partial charge on any atom is 0.251 e. The number of hydrogen-bond acceptors (Lipinski definition) is 5. The third-order valence-electron chi connectivity index (χ3n) is 9.99. The molecule has 45 heavy (non-hydrogen) atoms. The second-order valence-corrected chi connectivity index (χ2v) is 14.4. The first-order chi connectivity index (χ1) is 21.7. The van der Waals surface area contributed by atoms with Gasteiger partial charge in [-0.15, -0.1) is 24.9 Å². The third kappa shape index (κ3) is 5.87. The van der Waals surface area contributed by atoms with Crippen molar-refractivity contribution in [2.75, 3.05) is 31.1 Å². The van der Waals surface area contributed by atoms with Crippen molar-refractivity contribution in [3.63, 3.8) is 0 Å². The second kappa shape index (κ2) is 14.0. The first kappa shape index (κ1) is 33.0. The summed E-state index contributed by atoms with van der Waals surface area (Å²) in [5.74, 6) is -1.24. The van der Waals surface area contributed by atoms with E-state index in [2.05, 4.69) is 20.1 Å². The molecular formula is C37H47N3O4S. The fourth-order valence-electron chi connectivity index (χ4n) is 8.09. The van der Waals surface area contributed by atoms with E-state index in [0.29, 0.717) is 39.0 Å². The van der Waals surface area contributed by atoms with Gasteiger partial charge in [0, 0.05) is 43.7 Å². The molecule has 1 spiro atoms.